The Labute approximate surface area is 69.3 Å². The van der Waals surface area contributed by atoms with E-state index < -0.39 is 0 Å². The molecule has 1 N–H and O–H groups in total. The van der Waals surface area contributed by atoms with E-state index in [2.05, 4.69) is 12.4 Å². The highest BCUT2D eigenvalue weighted by atomic mass is 16.6. The van der Waals surface area contributed by atoms with Crippen LogP contribution in [0, 0.1) is 11.8 Å². The average molecular weight is 157 g/mol. The highest BCUT2D eigenvalue weighted by Gasteiger charge is 2.17. The molecule has 0 aliphatic heterocycles. The summed E-state index contributed by atoms with van der Waals surface area (Å²) in [5.41, 5.74) is 2.94. The molecule has 0 aromatic rings. The van der Waals surface area contributed by atoms with E-state index in [9.17, 15) is 0 Å². The Balaban J connectivity index is 2.12. The molecule has 1 aliphatic rings. The first-order chi connectivity index (χ1) is 5.33. The molecule has 0 aromatic carbocycles. The maximum absolute atomic E-state index is 4.83. The molecule has 0 heterocycles. The van der Waals surface area contributed by atoms with Gasteiger partial charge in [-0.05, 0) is 24.7 Å². The van der Waals surface area contributed by atoms with Gasteiger partial charge in [0.1, 0.15) is 0 Å². The second-order valence-electron chi connectivity index (χ2n) is 3.69. The van der Waals surface area contributed by atoms with Gasteiger partial charge in [-0.2, -0.15) is 0 Å². The van der Waals surface area contributed by atoms with Crippen LogP contribution in [0.1, 0.15) is 32.6 Å². The number of nitrogens with one attached hydrogen (secondary N) is 1. The molecule has 0 spiro atoms. The Morgan fingerprint density at radius 3 is 2.91 bits per heavy atom. The monoisotopic (exact) mass is 157 g/mol. The van der Waals surface area contributed by atoms with Gasteiger partial charge in [-0.1, -0.05) is 19.8 Å². The molecule has 1 aliphatic carbocycles. The highest BCUT2D eigenvalue weighted by Crippen LogP contribution is 2.27. The SMILES string of the molecule is CONC[C@@H]1CCC[C@H](C)C1. The molecule has 0 aromatic heterocycles. The van der Waals surface area contributed by atoms with E-state index in [-0.39, 0.29) is 0 Å². The van der Waals surface area contributed by atoms with Crippen LogP contribution in [0.25, 0.3) is 0 Å². The fraction of sp³-hybridized carbons (Fsp3) is 1.00. The van der Waals surface area contributed by atoms with Crippen LogP contribution >= 0.6 is 0 Å². The van der Waals surface area contributed by atoms with Crippen molar-refractivity contribution in [3.05, 3.63) is 0 Å². The first-order valence-electron chi connectivity index (χ1n) is 4.58. The van der Waals surface area contributed by atoms with Crippen LogP contribution in [0.2, 0.25) is 0 Å². The summed E-state index contributed by atoms with van der Waals surface area (Å²) in [5.74, 6) is 1.77. The van der Waals surface area contributed by atoms with Gasteiger partial charge in [0.2, 0.25) is 0 Å². The third kappa shape index (κ3) is 3.21. The van der Waals surface area contributed by atoms with Crippen LogP contribution in [-0.2, 0) is 4.84 Å². The van der Waals surface area contributed by atoms with Gasteiger partial charge in [-0.15, -0.1) is 0 Å². The summed E-state index contributed by atoms with van der Waals surface area (Å²) in [6.07, 6.45) is 5.57. The van der Waals surface area contributed by atoms with Gasteiger partial charge in [-0.3, -0.25) is 0 Å². The Hall–Kier alpha value is -0.0800. The summed E-state index contributed by atoms with van der Waals surface area (Å²) in [4.78, 5) is 4.83. The van der Waals surface area contributed by atoms with Crippen LogP contribution < -0.4 is 5.48 Å². The summed E-state index contributed by atoms with van der Waals surface area (Å²) >= 11 is 0. The third-order valence-corrected chi connectivity index (χ3v) is 2.56. The minimum Gasteiger partial charge on any atom is -0.305 e. The number of hydroxylamine groups is 1. The van der Waals surface area contributed by atoms with Crippen molar-refractivity contribution in [3.63, 3.8) is 0 Å². The van der Waals surface area contributed by atoms with E-state index in [0.29, 0.717) is 0 Å². The topological polar surface area (TPSA) is 21.3 Å². The van der Waals surface area contributed by atoms with Gasteiger partial charge in [0, 0.05) is 6.54 Å². The number of hydrogen-bond donors (Lipinski definition) is 1. The first-order valence-corrected chi connectivity index (χ1v) is 4.58. The molecule has 0 unspecified atom stereocenters. The third-order valence-electron chi connectivity index (χ3n) is 2.56. The minimum atomic E-state index is 0.846. The Morgan fingerprint density at radius 1 is 1.45 bits per heavy atom. The molecule has 0 radical (unpaired) electrons. The van der Waals surface area contributed by atoms with Crippen molar-refractivity contribution in [1.29, 1.82) is 0 Å². The van der Waals surface area contributed by atoms with Gasteiger partial charge in [0.15, 0.2) is 0 Å². The summed E-state index contributed by atoms with van der Waals surface area (Å²) in [7, 11) is 1.69. The van der Waals surface area contributed by atoms with E-state index in [1.54, 1.807) is 7.11 Å². The van der Waals surface area contributed by atoms with Gasteiger partial charge in [-0.25, -0.2) is 5.48 Å². The summed E-state index contributed by atoms with van der Waals surface area (Å²) in [6.45, 7) is 3.37. The summed E-state index contributed by atoms with van der Waals surface area (Å²) < 4.78 is 0. The zero-order valence-electron chi connectivity index (χ0n) is 7.60. The average Bonchev–Trinajstić information content (AvgIpc) is 2.01. The summed E-state index contributed by atoms with van der Waals surface area (Å²) in [5, 5.41) is 0. The molecule has 0 amide bonds. The predicted molar refractivity (Wildman–Crippen MR) is 46.1 cm³/mol. The lowest BCUT2D eigenvalue weighted by molar-refractivity contribution is 0.0708. The first kappa shape index (κ1) is 9.01. The van der Waals surface area contributed by atoms with E-state index in [1.165, 1.54) is 25.7 Å². The minimum absolute atomic E-state index is 0.846. The normalized spacial score (nSPS) is 32.2. The standard InChI is InChI=1S/C9H19NO/c1-8-4-3-5-9(6-8)7-10-11-2/h8-10H,3-7H2,1-2H3/t8-,9+/m0/s1. The van der Waals surface area contributed by atoms with Crippen LogP contribution in [0.3, 0.4) is 0 Å². The van der Waals surface area contributed by atoms with Crippen LogP contribution in [-0.4, -0.2) is 13.7 Å². The van der Waals surface area contributed by atoms with Crippen molar-refractivity contribution < 1.29 is 4.84 Å². The van der Waals surface area contributed by atoms with Crippen molar-refractivity contribution in [2.45, 2.75) is 32.6 Å². The summed E-state index contributed by atoms with van der Waals surface area (Å²) in [6, 6.07) is 0. The lowest BCUT2D eigenvalue weighted by Gasteiger charge is -2.26. The molecule has 2 nitrogen and oxygen atoms in total. The molecule has 66 valence electrons. The highest BCUT2D eigenvalue weighted by molar-refractivity contribution is 4.70. The molecular weight excluding hydrogens is 138 g/mol. The zero-order chi connectivity index (χ0) is 8.10. The lowest BCUT2D eigenvalue weighted by Crippen LogP contribution is -2.25. The molecule has 1 fully saturated rings. The van der Waals surface area contributed by atoms with Crippen molar-refractivity contribution in [1.82, 2.24) is 5.48 Å². The van der Waals surface area contributed by atoms with Crippen LogP contribution in [0.4, 0.5) is 0 Å². The molecule has 2 atom stereocenters. The molecule has 1 saturated carbocycles. The Bertz CT molecular complexity index is 106. The molecule has 0 saturated heterocycles. The van der Waals surface area contributed by atoms with Crippen molar-refractivity contribution >= 4 is 0 Å². The molecule has 1 rings (SSSR count). The smallest absolute Gasteiger partial charge is 0.0572 e. The fourth-order valence-corrected chi connectivity index (χ4v) is 1.95. The van der Waals surface area contributed by atoms with Gasteiger partial charge in [0.25, 0.3) is 0 Å². The van der Waals surface area contributed by atoms with Crippen LogP contribution in [0.15, 0.2) is 0 Å². The van der Waals surface area contributed by atoms with Crippen molar-refractivity contribution in [3.8, 4) is 0 Å². The number of rotatable bonds is 3. The maximum atomic E-state index is 4.83. The van der Waals surface area contributed by atoms with E-state index in [0.717, 1.165) is 18.4 Å². The molecule has 2 heteroatoms. The predicted octanol–water partition coefficient (Wildman–Crippen LogP) is 1.96. The van der Waals surface area contributed by atoms with Crippen LogP contribution in [0.5, 0.6) is 0 Å². The van der Waals surface area contributed by atoms with E-state index in [1.807, 2.05) is 0 Å². The van der Waals surface area contributed by atoms with E-state index >= 15 is 0 Å². The molecule has 11 heavy (non-hydrogen) atoms. The van der Waals surface area contributed by atoms with Crippen molar-refractivity contribution in [2.24, 2.45) is 11.8 Å². The zero-order valence-corrected chi connectivity index (χ0v) is 7.60. The Morgan fingerprint density at radius 2 is 2.27 bits per heavy atom. The lowest BCUT2D eigenvalue weighted by atomic mass is 9.82. The van der Waals surface area contributed by atoms with Gasteiger partial charge < -0.3 is 4.84 Å². The Kier molecular flexibility index (Phi) is 3.87. The maximum Gasteiger partial charge on any atom is 0.0572 e. The van der Waals surface area contributed by atoms with Gasteiger partial charge >= 0.3 is 0 Å². The number of hydrogen-bond acceptors (Lipinski definition) is 2. The second-order valence-corrected chi connectivity index (χ2v) is 3.69. The fourth-order valence-electron chi connectivity index (χ4n) is 1.95. The quantitative estimate of drug-likeness (QED) is 0.632. The molecule has 0 bridgehead atoms. The molecular formula is C9H19NO. The largest absolute Gasteiger partial charge is 0.305 e. The van der Waals surface area contributed by atoms with E-state index in [4.69, 9.17) is 4.84 Å². The van der Waals surface area contributed by atoms with Gasteiger partial charge in [0.05, 0.1) is 7.11 Å². The second kappa shape index (κ2) is 4.73. The van der Waals surface area contributed by atoms with Crippen molar-refractivity contribution in [2.75, 3.05) is 13.7 Å².